The van der Waals surface area contributed by atoms with Gasteiger partial charge < -0.3 is 25.5 Å². The van der Waals surface area contributed by atoms with Crippen molar-refractivity contribution in [2.45, 2.75) is 18.9 Å². The minimum absolute atomic E-state index is 0.00246. The number of pyridine rings is 1. The number of aromatic nitrogens is 1. The number of nitrogens with two attached hydrogens (primary N) is 1. The largest absolute Gasteiger partial charge is 0.507 e. The summed E-state index contributed by atoms with van der Waals surface area (Å²) in [4.78, 5) is 31.3. The van der Waals surface area contributed by atoms with Crippen LogP contribution < -0.4 is 16.0 Å². The van der Waals surface area contributed by atoms with E-state index in [0.29, 0.717) is 40.4 Å². The zero-order valence-corrected chi connectivity index (χ0v) is 20.8. The molecule has 2 aromatic carbocycles. The van der Waals surface area contributed by atoms with Crippen molar-refractivity contribution in [3.63, 3.8) is 0 Å². The maximum absolute atomic E-state index is 12.8. The number of aromatic hydroxyl groups is 1. The Morgan fingerprint density at radius 3 is 2.71 bits per heavy atom. The van der Waals surface area contributed by atoms with E-state index in [1.165, 1.54) is 18.4 Å². The molecule has 1 saturated heterocycles. The fourth-order valence-corrected chi connectivity index (χ4v) is 4.80. The quantitative estimate of drug-likeness (QED) is 0.321. The van der Waals surface area contributed by atoms with E-state index in [0.717, 1.165) is 12.1 Å². The molecule has 10 heteroatoms. The fraction of sp³-hybridized carbons (Fsp3) is 0.143. The summed E-state index contributed by atoms with van der Waals surface area (Å²) in [5.41, 5.74) is 8.31. The first kappa shape index (κ1) is 24.9. The van der Waals surface area contributed by atoms with Gasteiger partial charge in [0.2, 0.25) is 5.91 Å². The van der Waals surface area contributed by atoms with Crippen LogP contribution in [0, 0.1) is 11.3 Å². The van der Waals surface area contributed by atoms with E-state index in [2.05, 4.69) is 16.4 Å². The van der Waals surface area contributed by atoms with Gasteiger partial charge in [0.25, 0.3) is 5.91 Å². The van der Waals surface area contributed by atoms with Gasteiger partial charge >= 0.3 is 0 Å². The summed E-state index contributed by atoms with van der Waals surface area (Å²) >= 11 is 6.02. The molecule has 190 valence electrons. The van der Waals surface area contributed by atoms with Crippen LogP contribution in [0.1, 0.15) is 29.0 Å². The van der Waals surface area contributed by atoms with Crippen molar-refractivity contribution in [2.75, 3.05) is 16.8 Å². The first-order valence-electron chi connectivity index (χ1n) is 11.8. The summed E-state index contributed by atoms with van der Waals surface area (Å²) in [6.07, 6.45) is 2.87. The lowest BCUT2D eigenvalue weighted by Crippen LogP contribution is -2.40. The molecule has 1 fully saturated rings. The lowest BCUT2D eigenvalue weighted by molar-refractivity contribution is -0.119. The molecule has 2 amide bonds. The van der Waals surface area contributed by atoms with Gasteiger partial charge in [-0.25, -0.2) is 4.98 Å². The number of amides is 2. The Morgan fingerprint density at radius 1 is 1.16 bits per heavy atom. The van der Waals surface area contributed by atoms with Gasteiger partial charge in [-0.05, 0) is 66.9 Å². The van der Waals surface area contributed by atoms with Crippen molar-refractivity contribution >= 4 is 34.9 Å². The van der Waals surface area contributed by atoms with Crippen LogP contribution in [0.3, 0.4) is 0 Å². The molecule has 0 unspecified atom stereocenters. The molecule has 0 saturated carbocycles. The van der Waals surface area contributed by atoms with Crippen LogP contribution in [0.4, 0.5) is 11.5 Å². The molecule has 9 nitrogen and oxygen atoms in total. The molecule has 0 radical (unpaired) electrons. The Bertz CT molecular complexity index is 1580. The summed E-state index contributed by atoms with van der Waals surface area (Å²) < 4.78 is 5.18. The standard InChI is InChI=1S/C28H22ClN5O4/c29-17-8-9-19(24(35)13-17)22-14-20(21(15-30)27(32-22)33-28(37)25-7-3-11-38-25)16-4-1-5-18(12-16)34-10-2-6-23(34)26(31)36/h1,3-5,7-9,11-14,23,35H,2,6,10H2,(H2,31,36)(H,32,33,37)/t23-/m1/s1. The van der Waals surface area contributed by atoms with Crippen molar-refractivity contribution in [3.8, 4) is 34.2 Å². The van der Waals surface area contributed by atoms with E-state index in [-0.39, 0.29) is 22.9 Å². The lowest BCUT2D eigenvalue weighted by Gasteiger charge is -2.25. The Morgan fingerprint density at radius 2 is 2.00 bits per heavy atom. The number of phenolic OH excluding ortho intramolecular Hbond substituents is 1. The number of hydrogen-bond donors (Lipinski definition) is 3. The van der Waals surface area contributed by atoms with Crippen LogP contribution in [0.25, 0.3) is 22.4 Å². The number of carbonyl (C=O) groups excluding carboxylic acids is 2. The number of benzene rings is 2. The lowest BCUT2D eigenvalue weighted by atomic mass is 9.97. The highest BCUT2D eigenvalue weighted by Gasteiger charge is 2.29. The third-order valence-corrected chi connectivity index (χ3v) is 6.65. The predicted octanol–water partition coefficient (Wildman–Crippen LogP) is 4.95. The van der Waals surface area contributed by atoms with E-state index >= 15 is 0 Å². The summed E-state index contributed by atoms with van der Waals surface area (Å²) in [7, 11) is 0. The molecule has 1 atom stereocenters. The van der Waals surface area contributed by atoms with Gasteiger partial charge in [0.05, 0.1) is 12.0 Å². The van der Waals surface area contributed by atoms with E-state index in [1.807, 2.05) is 29.2 Å². The number of nitrogens with one attached hydrogen (secondary N) is 1. The first-order chi connectivity index (χ1) is 18.4. The third kappa shape index (κ3) is 4.77. The monoisotopic (exact) mass is 527 g/mol. The van der Waals surface area contributed by atoms with Crippen LogP contribution in [0.2, 0.25) is 5.02 Å². The number of carbonyl (C=O) groups is 2. The van der Waals surface area contributed by atoms with Crippen molar-refractivity contribution in [1.82, 2.24) is 4.98 Å². The molecule has 1 aliphatic heterocycles. The average molecular weight is 528 g/mol. The van der Waals surface area contributed by atoms with Crippen LogP contribution in [-0.4, -0.2) is 34.5 Å². The van der Waals surface area contributed by atoms with Gasteiger partial charge in [-0.3, -0.25) is 9.59 Å². The number of nitrogens with zero attached hydrogens (tertiary/aromatic N) is 3. The highest BCUT2D eigenvalue weighted by atomic mass is 35.5. The van der Waals surface area contributed by atoms with Gasteiger partial charge in [-0.2, -0.15) is 5.26 Å². The number of anilines is 2. The summed E-state index contributed by atoms with van der Waals surface area (Å²) in [6, 6.07) is 18.4. The Kier molecular flexibility index (Phi) is 6.73. The molecular formula is C28H22ClN5O4. The number of rotatable bonds is 6. The number of primary amides is 1. The molecule has 2 aromatic heterocycles. The zero-order chi connectivity index (χ0) is 26.8. The smallest absolute Gasteiger partial charge is 0.292 e. The van der Waals surface area contributed by atoms with Gasteiger partial charge in [-0.1, -0.05) is 23.7 Å². The van der Waals surface area contributed by atoms with Gasteiger partial charge in [0.15, 0.2) is 11.6 Å². The average Bonchev–Trinajstić information content (AvgIpc) is 3.61. The highest BCUT2D eigenvalue weighted by Crippen LogP contribution is 2.38. The third-order valence-electron chi connectivity index (χ3n) is 6.41. The highest BCUT2D eigenvalue weighted by molar-refractivity contribution is 6.30. The molecule has 5 rings (SSSR count). The molecule has 0 aliphatic carbocycles. The molecule has 3 heterocycles. The zero-order valence-electron chi connectivity index (χ0n) is 20.0. The summed E-state index contributed by atoms with van der Waals surface area (Å²) in [5, 5.41) is 23.7. The Labute approximate surface area is 223 Å². The molecule has 4 N–H and O–H groups in total. The van der Waals surface area contributed by atoms with Gasteiger partial charge in [-0.15, -0.1) is 0 Å². The van der Waals surface area contributed by atoms with Crippen LogP contribution in [0.15, 0.2) is 71.3 Å². The van der Waals surface area contributed by atoms with E-state index in [4.69, 9.17) is 21.8 Å². The first-order valence-corrected chi connectivity index (χ1v) is 12.2. The molecule has 0 bridgehead atoms. The molecule has 4 aromatic rings. The maximum Gasteiger partial charge on any atom is 0.292 e. The normalized spacial score (nSPS) is 14.7. The summed E-state index contributed by atoms with van der Waals surface area (Å²) in [6.45, 7) is 0.673. The van der Waals surface area contributed by atoms with Crippen molar-refractivity contribution in [1.29, 1.82) is 5.26 Å². The van der Waals surface area contributed by atoms with E-state index in [1.54, 1.807) is 24.3 Å². The Balaban J connectivity index is 1.66. The van der Waals surface area contributed by atoms with Crippen LogP contribution in [0.5, 0.6) is 5.75 Å². The molecular weight excluding hydrogens is 506 g/mol. The minimum Gasteiger partial charge on any atom is -0.507 e. The van der Waals surface area contributed by atoms with E-state index < -0.39 is 17.9 Å². The second-order valence-electron chi connectivity index (χ2n) is 8.79. The number of phenols is 1. The van der Waals surface area contributed by atoms with Crippen molar-refractivity contribution < 1.29 is 19.1 Å². The second-order valence-corrected chi connectivity index (χ2v) is 9.22. The Hall–Kier alpha value is -4.81. The number of halogens is 1. The molecule has 0 spiro atoms. The predicted molar refractivity (Wildman–Crippen MR) is 143 cm³/mol. The summed E-state index contributed by atoms with van der Waals surface area (Å²) in [5.74, 6) is -1.04. The second kappa shape index (κ2) is 10.3. The topological polar surface area (TPSA) is 145 Å². The maximum atomic E-state index is 12.8. The SMILES string of the molecule is N#Cc1c(-c2cccc(N3CCC[C@@H]3C(N)=O)c2)cc(-c2ccc(Cl)cc2O)nc1NC(=O)c1ccco1. The van der Waals surface area contributed by atoms with Gasteiger partial charge in [0.1, 0.15) is 23.4 Å². The molecule has 38 heavy (non-hydrogen) atoms. The molecule has 1 aliphatic rings. The van der Waals surface area contributed by atoms with Crippen LogP contribution in [-0.2, 0) is 4.79 Å². The van der Waals surface area contributed by atoms with Crippen molar-refractivity contribution in [2.24, 2.45) is 5.73 Å². The van der Waals surface area contributed by atoms with Crippen LogP contribution >= 0.6 is 11.6 Å². The van der Waals surface area contributed by atoms with Gasteiger partial charge in [0, 0.05) is 28.4 Å². The van der Waals surface area contributed by atoms with Crippen molar-refractivity contribution in [3.05, 3.63) is 83.3 Å². The fourth-order valence-electron chi connectivity index (χ4n) is 4.64. The number of furan rings is 1. The minimum atomic E-state index is -0.586. The number of nitriles is 1. The van der Waals surface area contributed by atoms with E-state index in [9.17, 15) is 20.0 Å². The number of hydrogen-bond acceptors (Lipinski definition) is 7.